The molecule has 2 atom stereocenters. The van der Waals surface area contributed by atoms with Crippen LogP contribution in [-0.4, -0.2) is 35.8 Å². The summed E-state index contributed by atoms with van der Waals surface area (Å²) in [5.74, 6) is -0.00889. The zero-order valence-electron chi connectivity index (χ0n) is 7.49. The van der Waals surface area contributed by atoms with Crippen molar-refractivity contribution in [3.63, 3.8) is 0 Å². The van der Waals surface area contributed by atoms with E-state index < -0.39 is 0 Å². The number of fused-ring (bicyclic) bond motifs is 4. The lowest BCUT2D eigenvalue weighted by Gasteiger charge is -2.37. The van der Waals surface area contributed by atoms with Crippen LogP contribution in [0, 0.1) is 0 Å². The Kier molecular flexibility index (Phi) is 1.83. The van der Waals surface area contributed by atoms with Crippen molar-refractivity contribution >= 4 is 11.8 Å². The lowest BCUT2D eigenvalue weighted by molar-refractivity contribution is -0.147. The number of nitrogens with one attached hydrogen (secondary N) is 1. The maximum absolute atomic E-state index is 11.6. The van der Waals surface area contributed by atoms with Gasteiger partial charge in [0.15, 0.2) is 0 Å². The Hall–Kier alpha value is -1.32. The van der Waals surface area contributed by atoms with E-state index in [-0.39, 0.29) is 23.9 Å². The lowest BCUT2D eigenvalue weighted by atomic mass is 9.99. The van der Waals surface area contributed by atoms with Crippen LogP contribution in [0.5, 0.6) is 0 Å². The monoisotopic (exact) mass is 180 g/mol. The minimum absolute atomic E-state index is 0.0222. The van der Waals surface area contributed by atoms with Crippen LogP contribution in [0.3, 0.4) is 0 Å². The van der Waals surface area contributed by atoms with Crippen LogP contribution >= 0.6 is 0 Å². The first-order valence-electron chi connectivity index (χ1n) is 4.42. The van der Waals surface area contributed by atoms with E-state index in [0.717, 1.165) is 0 Å². The summed E-state index contributed by atoms with van der Waals surface area (Å²) in [4.78, 5) is 24.6. The molecule has 1 saturated heterocycles. The zero-order valence-corrected chi connectivity index (χ0v) is 7.49. The minimum atomic E-state index is -0.342. The molecule has 0 aromatic heterocycles. The summed E-state index contributed by atoms with van der Waals surface area (Å²) in [6.45, 7) is 0. The van der Waals surface area contributed by atoms with Crippen LogP contribution in [0.25, 0.3) is 0 Å². The second-order valence-corrected chi connectivity index (χ2v) is 3.47. The van der Waals surface area contributed by atoms with Gasteiger partial charge in [-0.15, -0.1) is 0 Å². The molecule has 2 bridgehead atoms. The Morgan fingerprint density at radius 1 is 1.38 bits per heavy atom. The van der Waals surface area contributed by atoms with Gasteiger partial charge < -0.3 is 10.2 Å². The van der Waals surface area contributed by atoms with Gasteiger partial charge in [0.1, 0.15) is 12.1 Å². The third-order valence-electron chi connectivity index (χ3n) is 2.63. The first kappa shape index (κ1) is 8.29. The summed E-state index contributed by atoms with van der Waals surface area (Å²) in [7, 11) is 1.69. The van der Waals surface area contributed by atoms with Gasteiger partial charge in [-0.2, -0.15) is 0 Å². The second kappa shape index (κ2) is 2.87. The SMILES string of the molecule is CN1C(=O)[C@@H]2C/C=C\C[C@H]1C(=O)N2. The largest absolute Gasteiger partial charge is 0.342 e. The maximum atomic E-state index is 11.6. The highest BCUT2D eigenvalue weighted by Gasteiger charge is 2.37. The predicted octanol–water partition coefficient (Wildman–Crippen LogP) is -0.338. The quantitative estimate of drug-likeness (QED) is 0.518. The number of carbonyl (C=O) groups excluding carboxylic acids is 2. The van der Waals surface area contributed by atoms with E-state index >= 15 is 0 Å². The summed E-state index contributed by atoms with van der Waals surface area (Å²) < 4.78 is 0. The summed E-state index contributed by atoms with van der Waals surface area (Å²) in [5.41, 5.74) is 0. The topological polar surface area (TPSA) is 49.4 Å². The number of nitrogens with zero attached hydrogens (tertiary/aromatic N) is 1. The van der Waals surface area contributed by atoms with Crippen molar-refractivity contribution in [1.29, 1.82) is 0 Å². The number of piperazine rings is 1. The summed E-state index contributed by atoms with van der Waals surface area (Å²) in [6.07, 6.45) is 5.17. The van der Waals surface area contributed by atoms with E-state index in [1.165, 1.54) is 0 Å². The fraction of sp³-hybridized carbons (Fsp3) is 0.556. The maximum Gasteiger partial charge on any atom is 0.245 e. The molecule has 1 N–H and O–H groups in total. The number of amides is 2. The molecule has 4 heteroatoms. The molecule has 0 radical (unpaired) electrons. The normalized spacial score (nSPS) is 35.3. The molecular weight excluding hydrogens is 168 g/mol. The highest BCUT2D eigenvalue weighted by atomic mass is 16.2. The molecule has 4 nitrogen and oxygen atoms in total. The van der Waals surface area contributed by atoms with Crippen LogP contribution in [-0.2, 0) is 9.59 Å². The van der Waals surface area contributed by atoms with E-state index in [0.29, 0.717) is 12.8 Å². The Balaban J connectivity index is 2.34. The van der Waals surface area contributed by atoms with E-state index in [2.05, 4.69) is 5.32 Å². The van der Waals surface area contributed by atoms with E-state index in [9.17, 15) is 9.59 Å². The van der Waals surface area contributed by atoms with E-state index in [1.54, 1.807) is 11.9 Å². The Bertz CT molecular complexity index is 285. The first-order valence-corrected chi connectivity index (χ1v) is 4.42. The smallest absolute Gasteiger partial charge is 0.245 e. The molecule has 0 unspecified atom stereocenters. The second-order valence-electron chi connectivity index (χ2n) is 3.47. The van der Waals surface area contributed by atoms with Crippen molar-refractivity contribution in [1.82, 2.24) is 10.2 Å². The third kappa shape index (κ3) is 1.22. The average molecular weight is 180 g/mol. The number of rotatable bonds is 0. The molecule has 1 fully saturated rings. The fourth-order valence-electron chi connectivity index (χ4n) is 1.79. The molecule has 70 valence electrons. The highest BCUT2D eigenvalue weighted by Crippen LogP contribution is 2.16. The molecule has 3 rings (SSSR count). The molecule has 0 aromatic carbocycles. The fourth-order valence-corrected chi connectivity index (χ4v) is 1.79. The van der Waals surface area contributed by atoms with E-state index in [4.69, 9.17) is 0 Å². The van der Waals surface area contributed by atoms with Gasteiger partial charge in [-0.3, -0.25) is 9.59 Å². The van der Waals surface area contributed by atoms with Gasteiger partial charge in [0, 0.05) is 7.05 Å². The Morgan fingerprint density at radius 3 is 2.85 bits per heavy atom. The third-order valence-corrected chi connectivity index (χ3v) is 2.63. The van der Waals surface area contributed by atoms with Gasteiger partial charge in [0.05, 0.1) is 0 Å². The lowest BCUT2D eigenvalue weighted by Crippen LogP contribution is -2.62. The van der Waals surface area contributed by atoms with Gasteiger partial charge in [-0.1, -0.05) is 12.2 Å². The zero-order chi connectivity index (χ0) is 9.42. The molecule has 0 spiro atoms. The molecule has 0 aromatic rings. The van der Waals surface area contributed by atoms with E-state index in [1.807, 2.05) is 12.2 Å². The van der Waals surface area contributed by atoms with Crippen molar-refractivity contribution in [3.8, 4) is 0 Å². The molecular formula is C9H12N2O2. The number of likely N-dealkylation sites (N-methyl/N-ethyl adjacent to an activating group) is 1. The van der Waals surface area contributed by atoms with Crippen LogP contribution in [0.2, 0.25) is 0 Å². The van der Waals surface area contributed by atoms with Gasteiger partial charge in [-0.25, -0.2) is 0 Å². The average Bonchev–Trinajstić information content (AvgIpc) is 2.07. The van der Waals surface area contributed by atoms with Crippen molar-refractivity contribution in [3.05, 3.63) is 12.2 Å². The molecule has 13 heavy (non-hydrogen) atoms. The molecule has 3 aliphatic rings. The first-order chi connectivity index (χ1) is 6.20. The van der Waals surface area contributed by atoms with Crippen LogP contribution in [0.1, 0.15) is 12.8 Å². The van der Waals surface area contributed by atoms with Crippen molar-refractivity contribution in [2.45, 2.75) is 24.9 Å². The molecule has 2 amide bonds. The standard InChI is InChI=1S/C9H12N2O2/c1-11-7-5-3-2-4-6(9(11)13)10-8(7)12/h2-3,6-7H,4-5H2,1H3,(H,10,12)/b3-2-/t6-,7-/m0/s1. The van der Waals surface area contributed by atoms with Gasteiger partial charge in [0.2, 0.25) is 11.8 Å². The molecule has 0 aliphatic carbocycles. The van der Waals surface area contributed by atoms with Crippen LogP contribution < -0.4 is 5.32 Å². The molecule has 3 heterocycles. The minimum Gasteiger partial charge on any atom is -0.342 e. The van der Waals surface area contributed by atoms with Crippen molar-refractivity contribution in [2.24, 2.45) is 0 Å². The van der Waals surface area contributed by atoms with Crippen molar-refractivity contribution in [2.75, 3.05) is 7.05 Å². The Morgan fingerprint density at radius 2 is 2.08 bits per heavy atom. The van der Waals surface area contributed by atoms with Gasteiger partial charge in [0.25, 0.3) is 0 Å². The summed E-state index contributed by atoms with van der Waals surface area (Å²) in [6, 6.07) is -0.648. The van der Waals surface area contributed by atoms with Gasteiger partial charge in [-0.05, 0) is 12.8 Å². The van der Waals surface area contributed by atoms with Crippen LogP contribution in [0.15, 0.2) is 12.2 Å². The molecule has 3 aliphatic heterocycles. The predicted molar refractivity (Wildman–Crippen MR) is 46.9 cm³/mol. The number of carbonyl (C=O) groups is 2. The molecule has 0 saturated carbocycles. The number of hydrogen-bond acceptors (Lipinski definition) is 2. The van der Waals surface area contributed by atoms with Gasteiger partial charge >= 0.3 is 0 Å². The number of hydrogen-bond donors (Lipinski definition) is 1. The summed E-state index contributed by atoms with van der Waals surface area (Å²) in [5, 5.41) is 2.72. The summed E-state index contributed by atoms with van der Waals surface area (Å²) >= 11 is 0. The van der Waals surface area contributed by atoms with Crippen molar-refractivity contribution < 1.29 is 9.59 Å². The Labute approximate surface area is 76.6 Å². The highest BCUT2D eigenvalue weighted by molar-refractivity contribution is 5.97. The van der Waals surface area contributed by atoms with Crippen LogP contribution in [0.4, 0.5) is 0 Å².